The van der Waals surface area contributed by atoms with Crippen LogP contribution in [0.5, 0.6) is 0 Å². The molecule has 2 aliphatic rings. The molecule has 9 nitrogen and oxygen atoms in total. The number of hydrogen-bond donors (Lipinski definition) is 2. The number of rotatable bonds is 9. The van der Waals surface area contributed by atoms with E-state index in [-0.39, 0.29) is 0 Å². The molecule has 2 heterocycles. The molecule has 2 saturated heterocycles. The Hall–Kier alpha value is -0.930. The van der Waals surface area contributed by atoms with Crippen LogP contribution in [0.1, 0.15) is 6.92 Å². The molecule has 0 saturated carbocycles. The van der Waals surface area contributed by atoms with Crippen LogP contribution in [0, 0.1) is 11.8 Å². The van der Waals surface area contributed by atoms with Gasteiger partial charge in [0.25, 0.3) is 0 Å². The predicted molar refractivity (Wildman–Crippen MR) is 99.5 cm³/mol. The smallest absolute Gasteiger partial charge is 0.459 e. The van der Waals surface area contributed by atoms with Gasteiger partial charge in [0.1, 0.15) is 40.1 Å². The summed E-state index contributed by atoms with van der Waals surface area (Å²) >= 11 is 0. The van der Waals surface area contributed by atoms with Gasteiger partial charge in [-0.1, -0.05) is 12.2 Å². The van der Waals surface area contributed by atoms with E-state index in [4.69, 9.17) is 39.0 Å². The van der Waals surface area contributed by atoms with Crippen LogP contribution in [0.2, 0.25) is 0 Å². The molecule has 0 spiro atoms. The third kappa shape index (κ3) is 5.36. The van der Waals surface area contributed by atoms with Crippen LogP contribution in [0.3, 0.4) is 0 Å². The van der Waals surface area contributed by atoms with Gasteiger partial charge in [-0.15, -0.1) is 13.2 Å². The van der Waals surface area contributed by atoms with Crippen LogP contribution in [0.4, 0.5) is 0 Å². The fraction of sp³-hybridized carbons (Fsp3) is 0.688. The van der Waals surface area contributed by atoms with Crippen molar-refractivity contribution in [2.75, 3.05) is 13.2 Å². The van der Waals surface area contributed by atoms with E-state index in [1.165, 1.54) is 19.1 Å². The molecule has 152 valence electrons. The normalized spacial score (nSPS) is 40.0. The monoisotopic (exact) mass is 412 g/mol. The maximum Gasteiger partial charge on any atom is 0.472 e. The molecule has 2 aliphatic heterocycles. The van der Waals surface area contributed by atoms with Gasteiger partial charge in [0.05, 0.1) is 13.2 Å². The van der Waals surface area contributed by atoms with Crippen molar-refractivity contribution in [3.63, 3.8) is 0 Å². The molecule has 4 radical (unpaired) electrons. The lowest BCUT2D eigenvalue weighted by atomic mass is 9.85. The number of phosphoric acid groups is 1. The number of esters is 1. The standard InChI is InChI=1S/C16H23B2O9P/c1-4-9-13(24-8(3)20)12(26-15(9)17)7-23-28(21,22)27-14-10(5-2)16(18)25-11(14)6-19/h4-5,9-16,19H,1-2,6-7H2,3H3,(H,21,22)/t9?,10?,11-,12-,13-,14-,15-,16-/m1/s1. The first kappa shape index (κ1) is 23.3. The van der Waals surface area contributed by atoms with Crippen LogP contribution in [0.15, 0.2) is 25.3 Å². The molecule has 0 aromatic carbocycles. The average Bonchev–Trinajstić information content (AvgIpc) is 3.07. The summed E-state index contributed by atoms with van der Waals surface area (Å²) in [5, 5.41) is 9.37. The topological polar surface area (TPSA) is 121 Å². The van der Waals surface area contributed by atoms with Gasteiger partial charge in [-0.05, 0) is 0 Å². The third-order valence-corrected chi connectivity index (χ3v) is 5.58. The highest BCUT2D eigenvalue weighted by atomic mass is 31.2. The number of aliphatic hydroxyl groups excluding tert-OH is 1. The van der Waals surface area contributed by atoms with E-state index in [9.17, 15) is 19.4 Å². The van der Waals surface area contributed by atoms with Crippen molar-refractivity contribution < 1.29 is 42.6 Å². The van der Waals surface area contributed by atoms with Gasteiger partial charge in [-0.2, -0.15) is 0 Å². The van der Waals surface area contributed by atoms with Crippen molar-refractivity contribution in [1.29, 1.82) is 0 Å². The Labute approximate surface area is 166 Å². The molecule has 9 atom stereocenters. The highest BCUT2D eigenvalue weighted by Crippen LogP contribution is 2.49. The number of carbonyl (C=O) groups is 1. The number of carbonyl (C=O) groups excluding carboxylic acids is 1. The molecule has 28 heavy (non-hydrogen) atoms. The first-order chi connectivity index (χ1) is 13.1. The third-order valence-electron chi connectivity index (χ3n) is 4.60. The summed E-state index contributed by atoms with van der Waals surface area (Å²) in [4.78, 5) is 21.4. The minimum Gasteiger partial charge on any atom is -0.459 e. The van der Waals surface area contributed by atoms with Crippen LogP contribution < -0.4 is 0 Å². The molecule has 3 unspecified atom stereocenters. The van der Waals surface area contributed by atoms with Crippen LogP contribution in [-0.4, -0.2) is 81.3 Å². The zero-order valence-electron chi connectivity index (χ0n) is 15.5. The molecule has 0 aliphatic carbocycles. The van der Waals surface area contributed by atoms with E-state index in [1.807, 2.05) is 0 Å². The molecule has 2 rings (SSSR count). The van der Waals surface area contributed by atoms with Gasteiger partial charge in [0, 0.05) is 30.8 Å². The Kier molecular flexibility index (Phi) is 8.10. The summed E-state index contributed by atoms with van der Waals surface area (Å²) < 4.78 is 38.5. The molecular formula is C16H23B2O9P. The van der Waals surface area contributed by atoms with Gasteiger partial charge in [-0.3, -0.25) is 13.8 Å². The van der Waals surface area contributed by atoms with E-state index in [0.29, 0.717) is 0 Å². The Balaban J connectivity index is 2.03. The maximum absolute atomic E-state index is 12.4. The van der Waals surface area contributed by atoms with Crippen LogP contribution >= 0.6 is 7.82 Å². The summed E-state index contributed by atoms with van der Waals surface area (Å²) in [6.07, 6.45) is -0.806. The summed E-state index contributed by atoms with van der Waals surface area (Å²) in [6, 6.07) is -1.67. The molecule has 0 amide bonds. The first-order valence-electron chi connectivity index (χ1n) is 8.64. The highest BCUT2D eigenvalue weighted by molar-refractivity contribution is 7.47. The molecular weight excluding hydrogens is 389 g/mol. The van der Waals surface area contributed by atoms with Crippen molar-refractivity contribution >= 4 is 29.5 Å². The van der Waals surface area contributed by atoms with Crippen LogP contribution in [0.25, 0.3) is 0 Å². The fourth-order valence-corrected chi connectivity index (χ4v) is 4.24. The van der Waals surface area contributed by atoms with Gasteiger partial charge in [0.15, 0.2) is 0 Å². The SMILES string of the molecule is [B][C@@H]1O[C@H](COP(=O)(O)O[C@@H]2C(C=C)[C@H]([B])O[C@@H]2CO)[C@H](OC(C)=O)C1C=C. The molecule has 0 bridgehead atoms. The quantitative estimate of drug-likeness (QED) is 0.230. The molecule has 12 heteroatoms. The summed E-state index contributed by atoms with van der Waals surface area (Å²) in [5.41, 5.74) is 0. The average molecular weight is 412 g/mol. The van der Waals surface area contributed by atoms with Crippen LogP contribution in [-0.2, 0) is 32.6 Å². The van der Waals surface area contributed by atoms with E-state index >= 15 is 0 Å². The lowest BCUT2D eigenvalue weighted by Gasteiger charge is -2.25. The van der Waals surface area contributed by atoms with E-state index in [0.717, 1.165) is 0 Å². The van der Waals surface area contributed by atoms with Gasteiger partial charge in [0.2, 0.25) is 0 Å². The van der Waals surface area contributed by atoms with Crippen molar-refractivity contribution in [2.24, 2.45) is 11.8 Å². The Morgan fingerprint density at radius 2 is 1.68 bits per heavy atom. The highest BCUT2D eigenvalue weighted by Gasteiger charge is 2.47. The molecule has 0 aromatic heterocycles. The lowest BCUT2D eigenvalue weighted by Crippen LogP contribution is -2.35. The number of ether oxygens (including phenoxy) is 3. The molecule has 2 N–H and O–H groups in total. The van der Waals surface area contributed by atoms with E-state index in [1.54, 1.807) is 0 Å². The summed E-state index contributed by atoms with van der Waals surface area (Å²) in [7, 11) is 6.98. The predicted octanol–water partition coefficient (Wildman–Crippen LogP) is -0.196. The lowest BCUT2D eigenvalue weighted by molar-refractivity contribution is -0.151. The van der Waals surface area contributed by atoms with E-state index < -0.39 is 75.3 Å². The zero-order valence-corrected chi connectivity index (χ0v) is 16.4. The van der Waals surface area contributed by atoms with Crippen molar-refractivity contribution in [1.82, 2.24) is 0 Å². The zero-order chi connectivity index (χ0) is 21.1. The van der Waals surface area contributed by atoms with Crippen molar-refractivity contribution in [3.8, 4) is 0 Å². The van der Waals surface area contributed by atoms with Crippen molar-refractivity contribution in [3.05, 3.63) is 25.3 Å². The Bertz CT molecular complexity index is 633. The minimum atomic E-state index is -4.61. The van der Waals surface area contributed by atoms with Gasteiger partial charge >= 0.3 is 13.8 Å². The fourth-order valence-electron chi connectivity index (χ4n) is 3.26. The number of hydrogen-bond acceptors (Lipinski definition) is 8. The number of phosphoric ester groups is 1. The summed E-state index contributed by atoms with van der Waals surface area (Å²) in [6.45, 7) is 7.52. The maximum atomic E-state index is 12.4. The second-order valence-corrected chi connectivity index (χ2v) is 7.90. The van der Waals surface area contributed by atoms with Crippen molar-refractivity contribution in [2.45, 2.75) is 43.3 Å². The first-order valence-corrected chi connectivity index (χ1v) is 10.1. The second-order valence-electron chi connectivity index (χ2n) is 6.50. The Morgan fingerprint density at radius 3 is 2.18 bits per heavy atom. The Morgan fingerprint density at radius 1 is 1.14 bits per heavy atom. The van der Waals surface area contributed by atoms with Gasteiger partial charge in [-0.25, -0.2) is 4.57 Å². The minimum absolute atomic E-state index is 0.439. The second kappa shape index (κ2) is 9.71. The molecule has 0 aromatic rings. The van der Waals surface area contributed by atoms with Gasteiger partial charge < -0.3 is 24.2 Å². The van der Waals surface area contributed by atoms with E-state index in [2.05, 4.69) is 13.2 Å². The number of aliphatic hydroxyl groups is 1. The summed E-state index contributed by atoms with van der Waals surface area (Å²) in [5.74, 6) is -1.71. The largest absolute Gasteiger partial charge is 0.472 e. The molecule has 2 fully saturated rings.